The minimum atomic E-state index is -0.860. The lowest BCUT2D eigenvalue weighted by Gasteiger charge is -2.43. The highest BCUT2D eigenvalue weighted by molar-refractivity contribution is 6.31. The molecule has 2 nitrogen and oxygen atoms in total. The molecule has 2 unspecified atom stereocenters. The molecule has 0 saturated carbocycles. The van der Waals surface area contributed by atoms with E-state index in [2.05, 4.69) is 6.92 Å². The molecule has 1 aromatic carbocycles. The molecule has 0 aromatic heterocycles. The minimum Gasteiger partial charge on any atom is -0.385 e. The van der Waals surface area contributed by atoms with Crippen LogP contribution in [0.15, 0.2) is 24.3 Å². The predicted molar refractivity (Wildman–Crippen MR) is 69.2 cm³/mol. The summed E-state index contributed by atoms with van der Waals surface area (Å²) in [5.41, 5.74) is -0.294. The van der Waals surface area contributed by atoms with E-state index in [0.29, 0.717) is 24.5 Å². The average molecular weight is 255 g/mol. The van der Waals surface area contributed by atoms with E-state index in [1.165, 1.54) is 0 Å². The van der Waals surface area contributed by atoms with Gasteiger partial charge in [-0.05, 0) is 19.4 Å². The smallest absolute Gasteiger partial charge is 0.0960 e. The van der Waals surface area contributed by atoms with Crippen molar-refractivity contribution in [2.24, 2.45) is 0 Å². The van der Waals surface area contributed by atoms with Gasteiger partial charge in [0.05, 0.1) is 17.8 Å². The fourth-order valence-electron chi connectivity index (χ4n) is 2.52. The zero-order chi connectivity index (χ0) is 12.5. The Morgan fingerprint density at radius 3 is 2.76 bits per heavy atom. The third-order valence-corrected chi connectivity index (χ3v) is 4.09. The Kier molecular flexibility index (Phi) is 3.48. The molecule has 1 aliphatic rings. The van der Waals surface area contributed by atoms with Gasteiger partial charge < -0.3 is 9.84 Å². The van der Waals surface area contributed by atoms with Crippen molar-refractivity contribution in [1.29, 1.82) is 0 Å². The van der Waals surface area contributed by atoms with E-state index >= 15 is 0 Å². The maximum absolute atomic E-state index is 10.8. The normalized spacial score (nSPS) is 33.6. The van der Waals surface area contributed by atoms with Crippen molar-refractivity contribution < 1.29 is 9.84 Å². The fourth-order valence-corrected chi connectivity index (χ4v) is 2.83. The summed E-state index contributed by atoms with van der Waals surface area (Å²) in [7, 11) is 0. The first-order valence-electron chi connectivity index (χ1n) is 6.10. The van der Waals surface area contributed by atoms with Gasteiger partial charge in [-0.2, -0.15) is 0 Å². The zero-order valence-corrected chi connectivity index (χ0v) is 11.1. The molecule has 2 rings (SSSR count). The Balaban J connectivity index is 2.33. The van der Waals surface area contributed by atoms with Crippen LogP contribution in [0, 0.1) is 0 Å². The predicted octanol–water partition coefficient (Wildman–Crippen LogP) is 3.51. The second-order valence-corrected chi connectivity index (χ2v) is 5.50. The van der Waals surface area contributed by atoms with Gasteiger partial charge >= 0.3 is 0 Å². The first-order chi connectivity index (χ1) is 7.99. The Bertz CT molecular complexity index is 407. The monoisotopic (exact) mass is 254 g/mol. The average Bonchev–Trinajstić information content (AvgIpc) is 2.29. The second kappa shape index (κ2) is 4.60. The van der Waals surface area contributed by atoms with Gasteiger partial charge in [-0.3, -0.25) is 0 Å². The van der Waals surface area contributed by atoms with E-state index in [1.54, 1.807) is 0 Å². The highest BCUT2D eigenvalue weighted by Crippen LogP contribution is 2.42. The Hall–Kier alpha value is -0.570. The molecule has 1 aromatic rings. The summed E-state index contributed by atoms with van der Waals surface area (Å²) in [4.78, 5) is 0. The van der Waals surface area contributed by atoms with Crippen molar-refractivity contribution in [1.82, 2.24) is 0 Å². The zero-order valence-electron chi connectivity index (χ0n) is 10.4. The van der Waals surface area contributed by atoms with Gasteiger partial charge in [-0.25, -0.2) is 0 Å². The highest BCUT2D eigenvalue weighted by Gasteiger charge is 2.42. The molecule has 2 atom stereocenters. The Morgan fingerprint density at radius 2 is 2.12 bits per heavy atom. The van der Waals surface area contributed by atoms with Crippen LogP contribution in [0.3, 0.4) is 0 Å². The summed E-state index contributed by atoms with van der Waals surface area (Å²) in [6, 6.07) is 7.53. The molecular weight excluding hydrogens is 236 g/mol. The van der Waals surface area contributed by atoms with E-state index in [9.17, 15) is 5.11 Å². The van der Waals surface area contributed by atoms with Crippen LogP contribution in [-0.2, 0) is 10.3 Å². The summed E-state index contributed by atoms with van der Waals surface area (Å²) < 4.78 is 5.77. The molecule has 3 heteroatoms. The van der Waals surface area contributed by atoms with Gasteiger partial charge in [0.25, 0.3) is 0 Å². The van der Waals surface area contributed by atoms with Gasteiger partial charge in [0.15, 0.2) is 0 Å². The molecule has 1 N–H and O–H groups in total. The van der Waals surface area contributed by atoms with Gasteiger partial charge in [-0.1, -0.05) is 36.7 Å². The summed E-state index contributed by atoms with van der Waals surface area (Å²) in [6.07, 6.45) is 2.09. The van der Waals surface area contributed by atoms with Crippen LogP contribution < -0.4 is 0 Å². The summed E-state index contributed by atoms with van der Waals surface area (Å²) in [5.74, 6) is 0. The van der Waals surface area contributed by atoms with Crippen LogP contribution in [0.4, 0.5) is 0 Å². The molecule has 17 heavy (non-hydrogen) atoms. The fraction of sp³-hybridized carbons (Fsp3) is 0.571. The molecule has 0 spiro atoms. The van der Waals surface area contributed by atoms with Crippen LogP contribution in [-0.4, -0.2) is 17.3 Å². The standard InChI is InChI=1S/C14H19ClO2/c1-3-13(2)10-14(16,8-9-17-13)11-6-4-5-7-12(11)15/h4-7,16H,3,8-10H2,1-2H3. The molecule has 94 valence electrons. The van der Waals surface area contributed by atoms with Crippen molar-refractivity contribution in [3.05, 3.63) is 34.9 Å². The number of hydrogen-bond donors (Lipinski definition) is 1. The van der Waals surface area contributed by atoms with Crippen molar-refractivity contribution in [2.75, 3.05) is 6.61 Å². The Labute approximate surface area is 108 Å². The number of ether oxygens (including phenoxy) is 1. The highest BCUT2D eigenvalue weighted by atomic mass is 35.5. The minimum absolute atomic E-state index is 0.258. The second-order valence-electron chi connectivity index (χ2n) is 5.09. The first kappa shape index (κ1) is 12.9. The van der Waals surface area contributed by atoms with E-state index in [0.717, 1.165) is 12.0 Å². The van der Waals surface area contributed by atoms with Gasteiger partial charge in [0, 0.05) is 23.4 Å². The number of rotatable bonds is 2. The molecule has 0 radical (unpaired) electrons. The molecule has 0 amide bonds. The Morgan fingerprint density at radius 1 is 1.41 bits per heavy atom. The largest absolute Gasteiger partial charge is 0.385 e. The first-order valence-corrected chi connectivity index (χ1v) is 6.48. The SMILES string of the molecule is CCC1(C)CC(O)(c2ccccc2Cl)CCO1. The van der Waals surface area contributed by atoms with Gasteiger partial charge in [0.2, 0.25) is 0 Å². The lowest BCUT2D eigenvalue weighted by molar-refractivity contribution is -0.157. The van der Waals surface area contributed by atoms with Crippen LogP contribution >= 0.6 is 11.6 Å². The number of aliphatic hydroxyl groups is 1. The summed E-state index contributed by atoms with van der Waals surface area (Å²) >= 11 is 6.18. The maximum Gasteiger partial charge on any atom is 0.0960 e. The van der Waals surface area contributed by atoms with Gasteiger partial charge in [0.1, 0.15) is 0 Å². The van der Waals surface area contributed by atoms with E-state index in [4.69, 9.17) is 16.3 Å². The molecule has 0 aliphatic carbocycles. The lowest BCUT2D eigenvalue weighted by Crippen LogP contribution is -2.45. The molecule has 1 saturated heterocycles. The van der Waals surface area contributed by atoms with Crippen molar-refractivity contribution in [2.45, 2.75) is 44.3 Å². The van der Waals surface area contributed by atoms with Crippen molar-refractivity contribution in [3.8, 4) is 0 Å². The van der Waals surface area contributed by atoms with Crippen molar-refractivity contribution >= 4 is 11.6 Å². The molecule has 1 heterocycles. The van der Waals surface area contributed by atoms with Crippen LogP contribution in [0.2, 0.25) is 5.02 Å². The van der Waals surface area contributed by atoms with E-state index < -0.39 is 5.60 Å². The summed E-state index contributed by atoms with van der Waals surface area (Å²) in [6.45, 7) is 4.71. The van der Waals surface area contributed by atoms with Crippen LogP contribution in [0.1, 0.15) is 38.7 Å². The molecular formula is C14H19ClO2. The number of hydrogen-bond acceptors (Lipinski definition) is 2. The number of halogens is 1. The molecule has 1 fully saturated rings. The van der Waals surface area contributed by atoms with Crippen molar-refractivity contribution in [3.63, 3.8) is 0 Å². The maximum atomic E-state index is 10.8. The van der Waals surface area contributed by atoms with E-state index in [1.807, 2.05) is 31.2 Å². The van der Waals surface area contributed by atoms with Crippen LogP contribution in [0.25, 0.3) is 0 Å². The number of benzene rings is 1. The summed E-state index contributed by atoms with van der Waals surface area (Å²) in [5, 5.41) is 11.5. The third-order valence-electron chi connectivity index (χ3n) is 3.76. The molecule has 1 aliphatic heterocycles. The van der Waals surface area contributed by atoms with E-state index in [-0.39, 0.29) is 5.60 Å². The topological polar surface area (TPSA) is 29.5 Å². The third kappa shape index (κ3) is 2.49. The quantitative estimate of drug-likeness (QED) is 0.875. The molecule has 0 bridgehead atoms. The lowest BCUT2D eigenvalue weighted by atomic mass is 9.77. The van der Waals surface area contributed by atoms with Crippen LogP contribution in [0.5, 0.6) is 0 Å². The van der Waals surface area contributed by atoms with Gasteiger partial charge in [-0.15, -0.1) is 0 Å².